The molecule has 1 atom stereocenters. The number of hydrogen-bond acceptors (Lipinski definition) is 3. The fourth-order valence-corrected chi connectivity index (χ4v) is 2.60. The molecule has 0 bridgehead atoms. The lowest BCUT2D eigenvalue weighted by atomic mass is 10.1. The third-order valence-corrected chi connectivity index (χ3v) is 3.52. The van der Waals surface area contributed by atoms with Gasteiger partial charge in [0.2, 0.25) is 0 Å². The molecule has 4 nitrogen and oxygen atoms in total. The smallest absolute Gasteiger partial charge is 0.328 e. The molecule has 0 unspecified atom stereocenters. The Morgan fingerprint density at radius 2 is 1.89 bits per heavy atom. The first-order valence-corrected chi connectivity index (χ1v) is 6.08. The van der Waals surface area contributed by atoms with Crippen molar-refractivity contribution in [3.63, 3.8) is 0 Å². The van der Waals surface area contributed by atoms with Crippen molar-refractivity contribution >= 4 is 28.3 Å². The number of esters is 1. The van der Waals surface area contributed by atoms with Gasteiger partial charge in [0, 0.05) is 10.9 Å². The van der Waals surface area contributed by atoms with E-state index in [4.69, 9.17) is 4.74 Å². The molecular formula is C15H13NO3. The Hall–Kier alpha value is -2.36. The molecule has 19 heavy (non-hydrogen) atoms. The van der Waals surface area contributed by atoms with Crippen LogP contribution in [0.5, 0.6) is 0 Å². The van der Waals surface area contributed by atoms with Gasteiger partial charge in [-0.3, -0.25) is 9.69 Å². The van der Waals surface area contributed by atoms with Gasteiger partial charge in [0.25, 0.3) is 5.91 Å². The third-order valence-electron chi connectivity index (χ3n) is 3.52. The average Bonchev–Trinajstić information content (AvgIpc) is 2.73. The normalized spacial score (nSPS) is 14.8. The van der Waals surface area contributed by atoms with Crippen molar-refractivity contribution in [1.29, 1.82) is 0 Å². The number of hydrogen-bond donors (Lipinski definition) is 0. The Balaban J connectivity index is 2.21. The van der Waals surface area contributed by atoms with Crippen molar-refractivity contribution < 1.29 is 14.3 Å². The van der Waals surface area contributed by atoms with E-state index in [1.807, 2.05) is 30.3 Å². The molecule has 1 heterocycles. The Kier molecular flexibility index (Phi) is 2.52. The number of amides is 1. The first kappa shape index (κ1) is 11.7. The van der Waals surface area contributed by atoms with Crippen LogP contribution >= 0.6 is 0 Å². The van der Waals surface area contributed by atoms with Crippen LogP contribution in [0.2, 0.25) is 0 Å². The molecule has 2 aromatic rings. The van der Waals surface area contributed by atoms with Crippen molar-refractivity contribution in [2.45, 2.75) is 13.0 Å². The zero-order valence-electron chi connectivity index (χ0n) is 10.7. The molecule has 0 saturated heterocycles. The molecule has 2 aromatic carbocycles. The maximum atomic E-state index is 12.5. The number of methoxy groups -OCH3 is 1. The molecule has 3 rings (SSSR count). The minimum Gasteiger partial charge on any atom is -0.467 e. The van der Waals surface area contributed by atoms with Crippen LogP contribution in [0.4, 0.5) is 5.69 Å². The highest BCUT2D eigenvalue weighted by atomic mass is 16.5. The molecule has 1 aliphatic heterocycles. The topological polar surface area (TPSA) is 46.6 Å². The predicted molar refractivity (Wildman–Crippen MR) is 72.2 cm³/mol. The number of carbonyl (C=O) groups excluding carboxylic acids is 2. The molecule has 0 N–H and O–H groups in total. The van der Waals surface area contributed by atoms with E-state index in [0.717, 1.165) is 16.5 Å². The SMILES string of the molecule is COC(=O)[C@H](C)N1C(=O)c2cccc3cccc1c23. The van der Waals surface area contributed by atoms with Gasteiger partial charge in [-0.15, -0.1) is 0 Å². The van der Waals surface area contributed by atoms with Crippen molar-refractivity contribution in [3.8, 4) is 0 Å². The third kappa shape index (κ3) is 1.53. The minimum atomic E-state index is -0.629. The first-order valence-electron chi connectivity index (χ1n) is 6.08. The quantitative estimate of drug-likeness (QED) is 0.774. The van der Waals surface area contributed by atoms with Crippen molar-refractivity contribution in [2.24, 2.45) is 0 Å². The number of nitrogens with zero attached hydrogens (tertiary/aromatic N) is 1. The lowest BCUT2D eigenvalue weighted by molar-refractivity contribution is -0.141. The molecule has 0 radical (unpaired) electrons. The Morgan fingerprint density at radius 1 is 1.21 bits per heavy atom. The van der Waals surface area contributed by atoms with Crippen LogP contribution in [0.25, 0.3) is 10.8 Å². The summed E-state index contributed by atoms with van der Waals surface area (Å²) < 4.78 is 4.73. The maximum Gasteiger partial charge on any atom is 0.328 e. The number of anilines is 1. The first-order chi connectivity index (χ1) is 9.15. The van der Waals surface area contributed by atoms with Crippen LogP contribution in [0.1, 0.15) is 17.3 Å². The molecule has 4 heteroatoms. The van der Waals surface area contributed by atoms with Crippen molar-refractivity contribution in [1.82, 2.24) is 0 Å². The summed E-state index contributed by atoms with van der Waals surface area (Å²) in [6.45, 7) is 1.68. The second-order valence-electron chi connectivity index (χ2n) is 4.56. The van der Waals surface area contributed by atoms with Gasteiger partial charge in [0.15, 0.2) is 0 Å². The predicted octanol–water partition coefficient (Wildman–Crippen LogP) is 2.36. The highest BCUT2D eigenvalue weighted by Crippen LogP contribution is 2.38. The van der Waals surface area contributed by atoms with Gasteiger partial charge < -0.3 is 4.74 Å². The number of benzene rings is 2. The fourth-order valence-electron chi connectivity index (χ4n) is 2.60. The van der Waals surface area contributed by atoms with E-state index in [2.05, 4.69) is 0 Å². The van der Waals surface area contributed by atoms with Gasteiger partial charge in [-0.05, 0) is 24.4 Å². The monoisotopic (exact) mass is 255 g/mol. The number of carbonyl (C=O) groups is 2. The minimum absolute atomic E-state index is 0.148. The van der Waals surface area contributed by atoms with Crippen LogP contribution in [0, 0.1) is 0 Å². The van der Waals surface area contributed by atoms with E-state index in [0.29, 0.717) is 5.56 Å². The van der Waals surface area contributed by atoms with Gasteiger partial charge in [0.1, 0.15) is 6.04 Å². The number of rotatable bonds is 2. The van der Waals surface area contributed by atoms with Gasteiger partial charge in [-0.25, -0.2) is 4.79 Å². The fraction of sp³-hybridized carbons (Fsp3) is 0.200. The summed E-state index contributed by atoms with van der Waals surface area (Å²) in [6.07, 6.45) is 0. The average molecular weight is 255 g/mol. The highest BCUT2D eigenvalue weighted by molar-refractivity contribution is 6.26. The zero-order chi connectivity index (χ0) is 13.6. The Labute approximate surface area is 110 Å². The summed E-state index contributed by atoms with van der Waals surface area (Å²) >= 11 is 0. The molecule has 96 valence electrons. The lowest BCUT2D eigenvalue weighted by Gasteiger charge is -2.23. The lowest BCUT2D eigenvalue weighted by Crippen LogP contribution is -2.41. The van der Waals surface area contributed by atoms with E-state index < -0.39 is 12.0 Å². The van der Waals surface area contributed by atoms with Gasteiger partial charge in [-0.1, -0.05) is 24.3 Å². The summed E-state index contributed by atoms with van der Waals surface area (Å²) in [4.78, 5) is 25.7. The molecule has 1 aliphatic rings. The van der Waals surface area contributed by atoms with Crippen LogP contribution in [0.15, 0.2) is 36.4 Å². The molecule has 1 amide bonds. The molecule has 0 aliphatic carbocycles. The van der Waals surface area contributed by atoms with Crippen LogP contribution in [0.3, 0.4) is 0 Å². The Morgan fingerprint density at radius 3 is 2.58 bits per heavy atom. The second-order valence-corrected chi connectivity index (χ2v) is 4.56. The maximum absolute atomic E-state index is 12.5. The molecule has 0 aromatic heterocycles. The van der Waals surface area contributed by atoms with E-state index in [-0.39, 0.29) is 5.91 Å². The van der Waals surface area contributed by atoms with Crippen LogP contribution in [-0.2, 0) is 9.53 Å². The zero-order valence-corrected chi connectivity index (χ0v) is 10.7. The van der Waals surface area contributed by atoms with E-state index in [1.54, 1.807) is 13.0 Å². The van der Waals surface area contributed by atoms with E-state index in [1.165, 1.54) is 12.0 Å². The van der Waals surface area contributed by atoms with Gasteiger partial charge in [-0.2, -0.15) is 0 Å². The molecule has 0 fully saturated rings. The van der Waals surface area contributed by atoms with Gasteiger partial charge in [0.05, 0.1) is 12.8 Å². The highest BCUT2D eigenvalue weighted by Gasteiger charge is 2.36. The summed E-state index contributed by atoms with van der Waals surface area (Å²) in [5.41, 5.74) is 1.42. The summed E-state index contributed by atoms with van der Waals surface area (Å²) in [5.74, 6) is -0.567. The summed E-state index contributed by atoms with van der Waals surface area (Å²) in [5, 5.41) is 1.91. The largest absolute Gasteiger partial charge is 0.467 e. The molecular weight excluding hydrogens is 242 g/mol. The van der Waals surface area contributed by atoms with E-state index in [9.17, 15) is 9.59 Å². The Bertz CT molecular complexity index is 688. The van der Waals surface area contributed by atoms with E-state index >= 15 is 0 Å². The standard InChI is InChI=1S/C15H13NO3/c1-9(15(18)19-2)16-12-8-4-6-10-5-3-7-11(13(10)12)14(16)17/h3-9H,1-2H3/t9-/m0/s1. The molecule has 0 saturated carbocycles. The van der Waals surface area contributed by atoms with Crippen LogP contribution < -0.4 is 4.90 Å². The van der Waals surface area contributed by atoms with Crippen LogP contribution in [-0.4, -0.2) is 25.0 Å². The van der Waals surface area contributed by atoms with Crippen molar-refractivity contribution in [3.05, 3.63) is 42.0 Å². The summed E-state index contributed by atoms with van der Waals surface area (Å²) in [7, 11) is 1.33. The second kappa shape index (κ2) is 4.09. The number of ether oxygens (including phenoxy) is 1. The van der Waals surface area contributed by atoms with Crippen molar-refractivity contribution in [2.75, 3.05) is 12.0 Å². The summed E-state index contributed by atoms with van der Waals surface area (Å²) in [6, 6.07) is 10.7. The molecule has 0 spiro atoms. The van der Waals surface area contributed by atoms with Gasteiger partial charge >= 0.3 is 5.97 Å².